The van der Waals surface area contributed by atoms with Gasteiger partial charge in [0.1, 0.15) is 0 Å². The molecule has 3 heterocycles. The molecule has 0 aliphatic carbocycles. The molecule has 0 spiro atoms. The van der Waals surface area contributed by atoms with Crippen LogP contribution in [0.15, 0.2) is 37.2 Å². The summed E-state index contributed by atoms with van der Waals surface area (Å²) in [6.07, 6.45) is 10.8. The maximum absolute atomic E-state index is 3.87. The van der Waals surface area contributed by atoms with E-state index in [9.17, 15) is 0 Å². The molecule has 3 aromatic rings. The summed E-state index contributed by atoms with van der Waals surface area (Å²) in [4.78, 5) is 11.6. The minimum atomic E-state index is 0. The van der Waals surface area contributed by atoms with Crippen molar-refractivity contribution in [3.8, 4) is 0 Å². The molecule has 0 aromatic carbocycles. The second kappa shape index (κ2) is 18.2. The van der Waals surface area contributed by atoms with E-state index in [1.807, 2.05) is 53.4 Å². The van der Waals surface area contributed by atoms with Crippen LogP contribution in [0.4, 0.5) is 0 Å². The van der Waals surface area contributed by atoms with Crippen LogP contribution >= 0.6 is 0 Å². The Labute approximate surface area is 187 Å². The number of imidazole rings is 3. The zero-order valence-corrected chi connectivity index (χ0v) is 16.8. The summed E-state index contributed by atoms with van der Waals surface area (Å²) in [7, 11) is 5.74. The summed E-state index contributed by atoms with van der Waals surface area (Å²) < 4.78 is 5.58. The quantitative estimate of drug-likeness (QED) is 0.404. The molecule has 26 heavy (non-hydrogen) atoms. The zero-order chi connectivity index (χ0) is 15.8. The van der Waals surface area contributed by atoms with Crippen molar-refractivity contribution < 1.29 is 32.7 Å². The first-order valence-electron chi connectivity index (χ1n) is 6.29. The first-order chi connectivity index (χ1) is 9.91. The van der Waals surface area contributed by atoms with Crippen molar-refractivity contribution in [1.82, 2.24) is 28.7 Å². The number of rotatable bonds is 0. The Bertz CT molecular complexity index is 520. The molecule has 0 amide bonds. The average Bonchev–Trinajstić information content (AvgIpc) is 3.11. The predicted octanol–water partition coefficient (Wildman–Crippen LogP) is 3.33. The average molecular weight is 433 g/mol. The topological polar surface area (TPSA) is 53.5 Å². The van der Waals surface area contributed by atoms with Gasteiger partial charge in [-0.05, 0) is 17.5 Å². The zero-order valence-electron chi connectivity index (χ0n) is 13.9. The van der Waals surface area contributed by atoms with Crippen LogP contribution in [0, 0.1) is 20.8 Å². The van der Waals surface area contributed by atoms with Gasteiger partial charge in [0.15, 0.2) is 0 Å². The van der Waals surface area contributed by atoms with Crippen molar-refractivity contribution in [2.75, 3.05) is 0 Å². The van der Waals surface area contributed by atoms with Gasteiger partial charge in [0.05, 0.1) is 0 Å². The van der Waals surface area contributed by atoms with Crippen LogP contribution in [0.25, 0.3) is 0 Å². The summed E-state index contributed by atoms with van der Waals surface area (Å²) >= 11 is 0. The van der Waals surface area contributed by atoms with Gasteiger partial charge in [-0.25, -0.2) is 0 Å². The normalized spacial score (nSPS) is 7.50. The Kier molecular flexibility index (Phi) is 24.9. The van der Waals surface area contributed by atoms with Gasteiger partial charge in [0, 0.05) is 66.7 Å². The summed E-state index contributed by atoms with van der Waals surface area (Å²) in [5, 5.41) is 0. The molecular weight excluding hydrogens is 400 g/mol. The van der Waals surface area contributed by atoms with Crippen molar-refractivity contribution in [2.24, 2.45) is 21.1 Å². The molecule has 0 aliphatic rings. The second-order valence-electron chi connectivity index (χ2n) is 4.36. The van der Waals surface area contributed by atoms with Crippen LogP contribution in [0.5, 0.6) is 0 Å². The Morgan fingerprint density at radius 3 is 0.846 bits per heavy atom. The molecule has 0 atom stereocenters. The smallest absolute Gasteiger partial charge is 0.364 e. The molecule has 3 radical (unpaired) electrons. The van der Waals surface area contributed by atoms with Gasteiger partial charge in [-0.2, -0.15) is 0 Å². The van der Waals surface area contributed by atoms with Crippen LogP contribution in [0.3, 0.4) is 0 Å². The van der Waals surface area contributed by atoms with E-state index < -0.39 is 0 Å². The predicted molar refractivity (Wildman–Crippen MR) is 109 cm³/mol. The SMILES string of the molecule is C.C.C.[B].[CH2-]c1nccn1C.[CH2-]c1nccn1C.[CH2-]c1nccn1C.[Y+3]. The van der Waals surface area contributed by atoms with Crippen LogP contribution in [-0.2, 0) is 53.9 Å². The fraction of sp³-hybridized carbons (Fsp3) is 0.333. The van der Waals surface area contributed by atoms with Crippen molar-refractivity contribution >= 4 is 8.41 Å². The first kappa shape index (κ1) is 35.5. The minimum absolute atomic E-state index is 0. The Balaban J connectivity index is -0.0000000774. The third-order valence-corrected chi connectivity index (χ3v) is 2.76. The number of aryl methyl sites for hydroxylation is 3. The van der Waals surface area contributed by atoms with E-state index in [1.54, 1.807) is 18.6 Å². The third kappa shape index (κ3) is 12.7. The number of aromatic nitrogens is 6. The summed E-state index contributed by atoms with van der Waals surface area (Å²) in [5.41, 5.74) is 0. The largest absolute Gasteiger partial charge is 3.00 e. The van der Waals surface area contributed by atoms with Gasteiger partial charge in [0.25, 0.3) is 0 Å². The van der Waals surface area contributed by atoms with Gasteiger partial charge < -0.3 is 34.5 Å². The van der Waals surface area contributed by atoms with Crippen molar-refractivity contribution in [3.63, 3.8) is 0 Å². The molecule has 0 fully saturated rings. The van der Waals surface area contributed by atoms with Gasteiger partial charge in [0.2, 0.25) is 0 Å². The van der Waals surface area contributed by atoms with Gasteiger partial charge >= 0.3 is 32.7 Å². The van der Waals surface area contributed by atoms with Crippen LogP contribution < -0.4 is 0 Å². The molecule has 141 valence electrons. The molecule has 8 heteroatoms. The Morgan fingerprint density at radius 1 is 0.615 bits per heavy atom. The molecule has 0 saturated carbocycles. The maximum atomic E-state index is 3.87. The standard InChI is InChI=1S/3C5H7N2.3CH4.B.Y/c3*1-5-6-3-4-7(5)2;;;;;/h3*3-4H,1H2,2H3;3*1H4;;/q3*-1;;;;;+3. The van der Waals surface area contributed by atoms with E-state index in [0.29, 0.717) is 0 Å². The molecule has 0 bridgehead atoms. The second-order valence-corrected chi connectivity index (χ2v) is 4.36. The van der Waals surface area contributed by atoms with Crippen molar-refractivity contribution in [1.29, 1.82) is 0 Å². The number of hydrogen-bond donors (Lipinski definition) is 0. The summed E-state index contributed by atoms with van der Waals surface area (Å²) in [6, 6.07) is 0. The monoisotopic (exact) mass is 433 g/mol. The van der Waals surface area contributed by atoms with Crippen LogP contribution in [0.1, 0.15) is 39.8 Å². The van der Waals surface area contributed by atoms with Crippen LogP contribution in [-0.4, -0.2) is 37.1 Å². The van der Waals surface area contributed by atoms with Gasteiger partial charge in [-0.15, -0.1) is 0 Å². The van der Waals surface area contributed by atoms with Crippen molar-refractivity contribution in [2.45, 2.75) is 22.3 Å². The summed E-state index contributed by atoms with van der Waals surface area (Å²) in [6.45, 7) is 10.9. The molecule has 3 aromatic heterocycles. The first-order valence-corrected chi connectivity index (χ1v) is 6.29. The minimum Gasteiger partial charge on any atom is -0.364 e. The third-order valence-electron chi connectivity index (χ3n) is 2.76. The van der Waals surface area contributed by atoms with E-state index in [2.05, 4.69) is 35.7 Å². The molecule has 3 rings (SSSR count). The number of hydrogen-bond acceptors (Lipinski definition) is 3. The van der Waals surface area contributed by atoms with Crippen LogP contribution in [0.2, 0.25) is 0 Å². The molecular formula is C18H33BN6Y. The molecule has 0 unspecified atom stereocenters. The fourth-order valence-electron chi connectivity index (χ4n) is 1.19. The fourth-order valence-corrected chi connectivity index (χ4v) is 1.19. The van der Waals surface area contributed by atoms with Crippen molar-refractivity contribution in [3.05, 3.63) is 75.4 Å². The van der Waals surface area contributed by atoms with E-state index in [0.717, 1.165) is 17.5 Å². The number of nitrogens with zero attached hydrogens (tertiary/aromatic N) is 6. The van der Waals surface area contributed by atoms with E-state index in [1.165, 1.54) is 0 Å². The van der Waals surface area contributed by atoms with E-state index >= 15 is 0 Å². The maximum Gasteiger partial charge on any atom is 3.00 e. The Morgan fingerprint density at radius 2 is 0.808 bits per heavy atom. The molecule has 6 nitrogen and oxygen atoms in total. The van der Waals surface area contributed by atoms with Gasteiger partial charge in [-0.1, -0.05) is 22.3 Å². The van der Waals surface area contributed by atoms with E-state index in [-0.39, 0.29) is 63.4 Å². The van der Waals surface area contributed by atoms with Gasteiger partial charge in [-0.3, -0.25) is 15.0 Å². The molecule has 0 saturated heterocycles. The molecule has 0 N–H and O–H groups in total. The van der Waals surface area contributed by atoms with E-state index in [4.69, 9.17) is 0 Å². The summed E-state index contributed by atoms with van der Waals surface area (Å²) in [5.74, 6) is 2.42. The Hall–Kier alpha value is -1.59. The molecule has 0 aliphatic heterocycles.